The predicted octanol–water partition coefficient (Wildman–Crippen LogP) is 0.972. The number of nitrogens with one attached hydrogen (secondary N) is 1. The van der Waals surface area contributed by atoms with Crippen LogP contribution in [0.1, 0.15) is 30.3 Å². The van der Waals surface area contributed by atoms with Crippen LogP contribution in [-0.2, 0) is 10.0 Å². The molecule has 0 aromatic carbocycles. The molecule has 0 unspecified atom stereocenters. The average molecular weight is 323 g/mol. The van der Waals surface area contributed by atoms with Gasteiger partial charge in [0, 0.05) is 11.6 Å². The molecule has 94 valence electrons. The summed E-state index contributed by atoms with van der Waals surface area (Å²) in [6.07, 6.45) is 1.81. The van der Waals surface area contributed by atoms with Crippen LogP contribution in [0.5, 0.6) is 0 Å². The minimum Gasteiger partial charge on any atom is -0.443 e. The number of hydrogen-bond acceptors (Lipinski definition) is 4. The van der Waals surface area contributed by atoms with E-state index in [0.29, 0.717) is 0 Å². The predicted molar refractivity (Wildman–Crippen MR) is 62.9 cm³/mol. The second-order valence-corrected chi connectivity index (χ2v) is 6.56. The number of halogens is 1. The normalized spacial score (nSPS) is 17.8. The van der Waals surface area contributed by atoms with Crippen molar-refractivity contribution in [1.29, 1.82) is 0 Å². The molecule has 0 atom stereocenters. The first kappa shape index (κ1) is 12.6. The summed E-state index contributed by atoms with van der Waals surface area (Å²) in [7, 11) is -3.89. The Morgan fingerprint density at radius 2 is 2.18 bits per heavy atom. The highest BCUT2D eigenvalue weighted by Gasteiger charge is 2.39. The van der Waals surface area contributed by atoms with E-state index < -0.39 is 15.9 Å². The zero-order valence-electron chi connectivity index (χ0n) is 8.99. The van der Waals surface area contributed by atoms with E-state index in [1.807, 2.05) is 6.92 Å². The fourth-order valence-electron chi connectivity index (χ4n) is 1.31. The van der Waals surface area contributed by atoms with Gasteiger partial charge in [-0.25, -0.2) is 13.6 Å². The summed E-state index contributed by atoms with van der Waals surface area (Å²) < 4.78 is 27.2. The van der Waals surface area contributed by atoms with E-state index in [9.17, 15) is 13.2 Å². The van der Waals surface area contributed by atoms with Crippen molar-refractivity contribution in [3.63, 3.8) is 0 Å². The van der Waals surface area contributed by atoms with Crippen molar-refractivity contribution >= 4 is 31.9 Å². The van der Waals surface area contributed by atoms with Gasteiger partial charge in [-0.15, -0.1) is 0 Å². The summed E-state index contributed by atoms with van der Waals surface area (Å²) >= 11 is 2.91. The van der Waals surface area contributed by atoms with Gasteiger partial charge in [-0.1, -0.05) is 0 Å². The van der Waals surface area contributed by atoms with Crippen molar-refractivity contribution in [2.24, 2.45) is 5.14 Å². The van der Waals surface area contributed by atoms with Crippen LogP contribution in [0.3, 0.4) is 0 Å². The summed E-state index contributed by atoms with van der Waals surface area (Å²) in [6.45, 7) is 1.91. The molecule has 6 nitrogen and oxygen atoms in total. The molecule has 17 heavy (non-hydrogen) atoms. The molecule has 1 aromatic heterocycles. The van der Waals surface area contributed by atoms with E-state index in [-0.39, 0.29) is 20.9 Å². The standard InChI is InChI=1S/C9H11BrN2O4S/c1-9(2-3-9)12-8(13)5-4-6(7(10)16-5)17(11,14)15/h4H,2-3H2,1H3,(H,12,13)(H2,11,14,15). The number of carbonyl (C=O) groups excluding carboxylic acids is 1. The Bertz CT molecular complexity index is 574. The molecule has 1 aliphatic carbocycles. The van der Waals surface area contributed by atoms with Gasteiger partial charge in [0.05, 0.1) is 0 Å². The first-order chi connectivity index (χ1) is 7.71. The fraction of sp³-hybridized carbons (Fsp3) is 0.444. The van der Waals surface area contributed by atoms with E-state index in [0.717, 1.165) is 18.9 Å². The maximum Gasteiger partial charge on any atom is 0.287 e. The molecule has 0 spiro atoms. The average Bonchev–Trinajstić information content (AvgIpc) is 2.75. The molecule has 1 aromatic rings. The molecule has 1 aliphatic rings. The van der Waals surface area contributed by atoms with Crippen molar-refractivity contribution in [2.75, 3.05) is 0 Å². The monoisotopic (exact) mass is 322 g/mol. The van der Waals surface area contributed by atoms with E-state index in [4.69, 9.17) is 9.56 Å². The largest absolute Gasteiger partial charge is 0.443 e. The number of sulfonamides is 1. The summed E-state index contributed by atoms with van der Waals surface area (Å²) in [5.74, 6) is -0.519. The molecule has 1 fully saturated rings. The van der Waals surface area contributed by atoms with Gasteiger partial charge in [0.25, 0.3) is 5.91 Å². The highest BCUT2D eigenvalue weighted by molar-refractivity contribution is 9.10. The zero-order valence-corrected chi connectivity index (χ0v) is 11.4. The van der Waals surface area contributed by atoms with Gasteiger partial charge >= 0.3 is 0 Å². The second kappa shape index (κ2) is 3.82. The van der Waals surface area contributed by atoms with Crippen LogP contribution in [0.4, 0.5) is 0 Å². The maximum atomic E-state index is 11.7. The number of primary sulfonamides is 1. The van der Waals surface area contributed by atoms with E-state index in [1.54, 1.807) is 0 Å². The highest BCUT2D eigenvalue weighted by Crippen LogP contribution is 2.35. The first-order valence-electron chi connectivity index (χ1n) is 4.86. The van der Waals surface area contributed by atoms with Crippen LogP contribution >= 0.6 is 15.9 Å². The maximum absolute atomic E-state index is 11.7. The van der Waals surface area contributed by atoms with Crippen molar-refractivity contribution in [3.05, 3.63) is 16.5 Å². The Morgan fingerprint density at radius 1 is 1.59 bits per heavy atom. The van der Waals surface area contributed by atoms with Gasteiger partial charge in [0.15, 0.2) is 10.4 Å². The first-order valence-corrected chi connectivity index (χ1v) is 7.20. The van der Waals surface area contributed by atoms with Gasteiger partial charge in [0.2, 0.25) is 10.0 Å². The Labute approximate surface area is 107 Å². The van der Waals surface area contributed by atoms with Crippen LogP contribution in [0.25, 0.3) is 0 Å². The number of amides is 1. The quantitative estimate of drug-likeness (QED) is 0.865. The molecule has 2 rings (SSSR count). The van der Waals surface area contributed by atoms with Gasteiger partial charge in [-0.2, -0.15) is 0 Å². The molecule has 3 N–H and O–H groups in total. The molecule has 1 amide bonds. The van der Waals surface area contributed by atoms with E-state index >= 15 is 0 Å². The minimum absolute atomic E-state index is 0.0638. The van der Waals surface area contributed by atoms with E-state index in [1.165, 1.54) is 0 Å². The molecular formula is C9H11BrN2O4S. The Morgan fingerprint density at radius 3 is 2.59 bits per heavy atom. The molecular weight excluding hydrogens is 312 g/mol. The molecule has 1 saturated carbocycles. The number of rotatable bonds is 3. The summed E-state index contributed by atoms with van der Waals surface area (Å²) in [4.78, 5) is 11.5. The van der Waals surface area contributed by atoms with Crippen LogP contribution in [0, 0.1) is 0 Å². The van der Waals surface area contributed by atoms with Crippen molar-refractivity contribution in [2.45, 2.75) is 30.2 Å². The van der Waals surface area contributed by atoms with Crippen LogP contribution in [0.2, 0.25) is 0 Å². The van der Waals surface area contributed by atoms with Crippen LogP contribution in [0.15, 0.2) is 20.0 Å². The molecule has 8 heteroatoms. The highest BCUT2D eigenvalue weighted by atomic mass is 79.9. The van der Waals surface area contributed by atoms with Crippen LogP contribution in [-0.4, -0.2) is 19.9 Å². The second-order valence-electron chi connectivity index (χ2n) is 4.31. The number of carbonyl (C=O) groups is 1. The lowest BCUT2D eigenvalue weighted by molar-refractivity contribution is 0.0906. The van der Waals surface area contributed by atoms with Crippen molar-refractivity contribution < 1.29 is 17.6 Å². The number of furan rings is 1. The summed E-state index contributed by atoms with van der Waals surface area (Å²) in [6, 6.07) is 1.11. The lowest BCUT2D eigenvalue weighted by atomic mass is 10.3. The zero-order chi connectivity index (χ0) is 12.8. The molecule has 0 saturated heterocycles. The third-order valence-electron chi connectivity index (χ3n) is 2.60. The summed E-state index contributed by atoms with van der Waals surface area (Å²) in [5, 5.41) is 7.71. The lowest BCUT2D eigenvalue weighted by Crippen LogP contribution is -2.33. The topological polar surface area (TPSA) is 102 Å². The van der Waals surface area contributed by atoms with Crippen molar-refractivity contribution in [1.82, 2.24) is 5.32 Å². The molecule has 0 radical (unpaired) electrons. The van der Waals surface area contributed by atoms with Crippen molar-refractivity contribution in [3.8, 4) is 0 Å². The Kier molecular flexibility index (Phi) is 2.83. The fourth-order valence-corrected chi connectivity index (χ4v) is 2.81. The molecule has 1 heterocycles. The van der Waals surface area contributed by atoms with Gasteiger partial charge < -0.3 is 9.73 Å². The van der Waals surface area contributed by atoms with E-state index in [2.05, 4.69) is 21.2 Å². The van der Waals surface area contributed by atoms with Gasteiger partial charge in [-0.3, -0.25) is 4.79 Å². The summed E-state index contributed by atoms with van der Waals surface area (Å²) in [5.41, 5.74) is -0.196. The molecule has 0 aliphatic heterocycles. The number of nitrogens with two attached hydrogens (primary N) is 1. The van der Waals surface area contributed by atoms with Gasteiger partial charge in [0.1, 0.15) is 4.90 Å². The SMILES string of the molecule is CC1(NC(=O)c2cc(S(N)(=O)=O)c(Br)o2)CC1. The Balaban J connectivity index is 2.26. The molecule has 0 bridgehead atoms. The third kappa shape index (κ3) is 2.70. The van der Waals surface area contributed by atoms with Crippen LogP contribution < -0.4 is 10.5 Å². The minimum atomic E-state index is -3.89. The third-order valence-corrected chi connectivity index (χ3v) is 4.37. The van der Waals surface area contributed by atoms with Gasteiger partial charge in [-0.05, 0) is 35.7 Å². The lowest BCUT2D eigenvalue weighted by Gasteiger charge is -2.08. The smallest absolute Gasteiger partial charge is 0.287 e. The Hall–Kier alpha value is -0.860. The number of hydrogen-bond donors (Lipinski definition) is 2.